The quantitative estimate of drug-likeness (QED) is 0.802. The van der Waals surface area contributed by atoms with Gasteiger partial charge >= 0.3 is 5.97 Å². The van der Waals surface area contributed by atoms with E-state index in [1.54, 1.807) is 0 Å². The molecule has 3 aliphatic carbocycles. The van der Waals surface area contributed by atoms with E-state index in [0.29, 0.717) is 22.7 Å². The fourth-order valence-corrected chi connectivity index (χ4v) is 4.99. The van der Waals surface area contributed by atoms with E-state index in [-0.39, 0.29) is 0 Å². The normalized spacial score (nSPS) is 49.8. The molecule has 2 heteroatoms. The number of rotatable bonds is 5. The summed E-state index contributed by atoms with van der Waals surface area (Å²) < 4.78 is 0. The summed E-state index contributed by atoms with van der Waals surface area (Å²) in [7, 11) is 0. The Labute approximate surface area is 117 Å². The zero-order valence-corrected chi connectivity index (χ0v) is 12.8. The third kappa shape index (κ3) is 1.94. The second-order valence-electron chi connectivity index (χ2n) is 8.66. The highest BCUT2D eigenvalue weighted by Crippen LogP contribution is 2.76. The van der Waals surface area contributed by atoms with Gasteiger partial charge in [-0.05, 0) is 66.1 Å². The number of carboxylic acids is 1. The minimum absolute atomic E-state index is 0.335. The van der Waals surface area contributed by atoms with Gasteiger partial charge in [0.15, 0.2) is 0 Å². The van der Waals surface area contributed by atoms with Crippen LogP contribution < -0.4 is 0 Å². The molecule has 2 nitrogen and oxygen atoms in total. The van der Waals surface area contributed by atoms with E-state index in [9.17, 15) is 4.79 Å². The minimum Gasteiger partial charge on any atom is -0.481 e. The first kappa shape index (κ1) is 13.5. The minimum atomic E-state index is -0.637. The maximum Gasteiger partial charge on any atom is 0.303 e. The zero-order valence-electron chi connectivity index (χ0n) is 12.8. The van der Waals surface area contributed by atoms with Crippen LogP contribution >= 0.6 is 0 Å². The molecule has 0 saturated heterocycles. The van der Waals surface area contributed by atoms with E-state index in [1.807, 2.05) is 0 Å². The average Bonchev–Trinajstić information content (AvgIpc) is 3.12. The van der Waals surface area contributed by atoms with Gasteiger partial charge in [-0.2, -0.15) is 0 Å². The molecule has 5 atom stereocenters. The van der Waals surface area contributed by atoms with Crippen LogP contribution in [0.1, 0.15) is 66.2 Å². The Balaban J connectivity index is 1.56. The molecule has 0 radical (unpaired) electrons. The van der Waals surface area contributed by atoms with Gasteiger partial charge in [0.05, 0.1) is 0 Å². The van der Waals surface area contributed by atoms with Gasteiger partial charge in [-0.3, -0.25) is 4.79 Å². The molecule has 108 valence electrons. The van der Waals surface area contributed by atoms with Crippen LogP contribution in [-0.4, -0.2) is 11.1 Å². The highest BCUT2D eigenvalue weighted by molar-refractivity contribution is 5.66. The lowest BCUT2D eigenvalue weighted by Crippen LogP contribution is -2.28. The van der Waals surface area contributed by atoms with E-state index in [4.69, 9.17) is 5.11 Å². The maximum absolute atomic E-state index is 10.7. The van der Waals surface area contributed by atoms with Crippen molar-refractivity contribution in [3.63, 3.8) is 0 Å². The van der Waals surface area contributed by atoms with Crippen molar-refractivity contribution in [1.29, 1.82) is 0 Å². The number of carboxylic acid groups (broad SMARTS) is 1. The predicted molar refractivity (Wildman–Crippen MR) is 75.8 cm³/mol. The standard InChI is InChI=1S/C17H28O2/c1-15(2)11(8-13-10-17(13,15)4)7-12-9-16(12,3)6-5-14(18)19/h11-13H,5-10H2,1-4H3,(H,18,19)/t11-,12+,13-,16+,17+/m1/s1. The summed E-state index contributed by atoms with van der Waals surface area (Å²) in [5.41, 5.74) is 1.44. The average molecular weight is 264 g/mol. The van der Waals surface area contributed by atoms with Crippen LogP contribution in [0.25, 0.3) is 0 Å². The summed E-state index contributed by atoms with van der Waals surface area (Å²) in [6.45, 7) is 9.72. The van der Waals surface area contributed by atoms with Gasteiger partial charge in [0, 0.05) is 6.42 Å². The molecule has 19 heavy (non-hydrogen) atoms. The Bertz CT molecular complexity index is 413. The third-order valence-electron chi connectivity index (χ3n) is 7.49. The molecule has 0 aromatic carbocycles. The molecule has 0 aromatic rings. The Kier molecular flexibility index (Phi) is 2.67. The molecule has 3 saturated carbocycles. The topological polar surface area (TPSA) is 37.3 Å². The summed E-state index contributed by atoms with van der Waals surface area (Å²) in [4.78, 5) is 10.7. The molecule has 0 spiro atoms. The Hall–Kier alpha value is -0.530. The molecule has 0 unspecified atom stereocenters. The van der Waals surface area contributed by atoms with Gasteiger partial charge in [0.2, 0.25) is 0 Å². The van der Waals surface area contributed by atoms with Crippen molar-refractivity contribution in [2.45, 2.75) is 66.2 Å². The summed E-state index contributed by atoms with van der Waals surface area (Å²) in [5, 5.41) is 8.83. The second-order valence-corrected chi connectivity index (χ2v) is 8.66. The second kappa shape index (κ2) is 3.77. The highest BCUT2D eigenvalue weighted by Gasteiger charge is 2.68. The van der Waals surface area contributed by atoms with Crippen LogP contribution in [0.5, 0.6) is 0 Å². The predicted octanol–water partition coefficient (Wildman–Crippen LogP) is 4.34. The first-order valence-corrected chi connectivity index (χ1v) is 7.91. The van der Waals surface area contributed by atoms with Crippen LogP contribution in [-0.2, 0) is 4.79 Å². The molecule has 0 aromatic heterocycles. The number of hydrogen-bond acceptors (Lipinski definition) is 1. The van der Waals surface area contributed by atoms with Crippen LogP contribution in [0.3, 0.4) is 0 Å². The Morgan fingerprint density at radius 1 is 1.16 bits per heavy atom. The lowest BCUT2D eigenvalue weighted by molar-refractivity contribution is -0.137. The van der Waals surface area contributed by atoms with Crippen molar-refractivity contribution < 1.29 is 9.90 Å². The molecule has 0 aliphatic heterocycles. The van der Waals surface area contributed by atoms with Crippen molar-refractivity contribution in [1.82, 2.24) is 0 Å². The van der Waals surface area contributed by atoms with Gasteiger partial charge in [0.1, 0.15) is 0 Å². The van der Waals surface area contributed by atoms with Gasteiger partial charge < -0.3 is 5.11 Å². The van der Waals surface area contributed by atoms with Gasteiger partial charge in [0.25, 0.3) is 0 Å². The van der Waals surface area contributed by atoms with Crippen molar-refractivity contribution in [3.8, 4) is 0 Å². The molecular weight excluding hydrogens is 236 g/mol. The summed E-state index contributed by atoms with van der Waals surface area (Å²) in [6.07, 6.45) is 6.69. The first-order chi connectivity index (χ1) is 8.69. The molecule has 0 heterocycles. The lowest BCUT2D eigenvalue weighted by atomic mass is 9.69. The van der Waals surface area contributed by atoms with Crippen molar-refractivity contribution >= 4 is 5.97 Å². The summed E-state index contributed by atoms with van der Waals surface area (Å²) in [6, 6.07) is 0. The SMILES string of the molecule is CC1(C)[C@H](C[C@H]2C[C@]2(C)CCC(=O)O)C[C@@H]2C[C@@]21C. The highest BCUT2D eigenvalue weighted by atomic mass is 16.4. The van der Waals surface area contributed by atoms with Gasteiger partial charge in [-0.1, -0.05) is 27.7 Å². The van der Waals surface area contributed by atoms with E-state index >= 15 is 0 Å². The summed E-state index contributed by atoms with van der Waals surface area (Å²) >= 11 is 0. The fourth-order valence-electron chi connectivity index (χ4n) is 4.99. The monoisotopic (exact) mass is 264 g/mol. The smallest absolute Gasteiger partial charge is 0.303 e. The molecular formula is C17H28O2. The largest absolute Gasteiger partial charge is 0.481 e. The number of aliphatic carboxylic acids is 1. The van der Waals surface area contributed by atoms with E-state index < -0.39 is 5.97 Å². The lowest BCUT2D eigenvalue weighted by Gasteiger charge is -2.36. The number of carbonyl (C=O) groups is 1. The number of fused-ring (bicyclic) bond motifs is 1. The molecule has 3 rings (SSSR count). The van der Waals surface area contributed by atoms with Crippen LogP contribution in [0.2, 0.25) is 0 Å². The van der Waals surface area contributed by atoms with E-state index in [1.165, 1.54) is 25.7 Å². The Morgan fingerprint density at radius 3 is 2.37 bits per heavy atom. The van der Waals surface area contributed by atoms with Gasteiger partial charge in [-0.25, -0.2) is 0 Å². The first-order valence-electron chi connectivity index (χ1n) is 7.91. The zero-order chi connectivity index (χ0) is 14.1. The Morgan fingerprint density at radius 2 is 1.84 bits per heavy atom. The van der Waals surface area contributed by atoms with Gasteiger partial charge in [-0.15, -0.1) is 0 Å². The van der Waals surface area contributed by atoms with E-state index in [0.717, 1.165) is 24.2 Å². The van der Waals surface area contributed by atoms with Crippen molar-refractivity contribution in [2.24, 2.45) is 34.0 Å². The fraction of sp³-hybridized carbons (Fsp3) is 0.941. The maximum atomic E-state index is 10.7. The van der Waals surface area contributed by atoms with Crippen molar-refractivity contribution in [3.05, 3.63) is 0 Å². The molecule has 0 bridgehead atoms. The van der Waals surface area contributed by atoms with Crippen LogP contribution in [0, 0.1) is 34.0 Å². The van der Waals surface area contributed by atoms with E-state index in [2.05, 4.69) is 27.7 Å². The molecule has 1 N–H and O–H groups in total. The number of hydrogen-bond donors (Lipinski definition) is 1. The summed E-state index contributed by atoms with van der Waals surface area (Å²) in [5.74, 6) is 2.00. The molecule has 3 fully saturated rings. The third-order valence-corrected chi connectivity index (χ3v) is 7.49. The van der Waals surface area contributed by atoms with Crippen LogP contribution in [0.4, 0.5) is 0 Å². The molecule has 0 amide bonds. The van der Waals surface area contributed by atoms with Crippen LogP contribution in [0.15, 0.2) is 0 Å². The van der Waals surface area contributed by atoms with Crippen molar-refractivity contribution in [2.75, 3.05) is 0 Å². The molecule has 3 aliphatic rings.